The van der Waals surface area contributed by atoms with Crippen LogP contribution in [0.4, 0.5) is 11.4 Å². The molecule has 1 fully saturated rings. The van der Waals surface area contributed by atoms with E-state index in [1.807, 2.05) is 24.3 Å². The quantitative estimate of drug-likeness (QED) is 0.674. The molecular formula is C18H21N3O3. The van der Waals surface area contributed by atoms with Gasteiger partial charge in [-0.1, -0.05) is 24.3 Å². The van der Waals surface area contributed by atoms with Crippen LogP contribution in [0.15, 0.2) is 48.5 Å². The van der Waals surface area contributed by atoms with Crippen molar-refractivity contribution >= 4 is 11.4 Å². The maximum absolute atomic E-state index is 10.7. The van der Waals surface area contributed by atoms with Crippen molar-refractivity contribution in [2.75, 3.05) is 31.1 Å². The van der Waals surface area contributed by atoms with Gasteiger partial charge in [0.05, 0.1) is 11.5 Å². The van der Waals surface area contributed by atoms with E-state index in [0.717, 1.165) is 44.0 Å². The summed E-state index contributed by atoms with van der Waals surface area (Å²) in [6.45, 7) is 4.71. The van der Waals surface area contributed by atoms with E-state index in [4.69, 9.17) is 5.11 Å². The van der Waals surface area contributed by atoms with E-state index in [-0.39, 0.29) is 17.2 Å². The van der Waals surface area contributed by atoms with Crippen molar-refractivity contribution in [3.63, 3.8) is 0 Å². The maximum atomic E-state index is 10.7. The van der Waals surface area contributed by atoms with Gasteiger partial charge in [0, 0.05) is 50.5 Å². The molecule has 0 bridgehead atoms. The van der Waals surface area contributed by atoms with Crippen LogP contribution in [0.5, 0.6) is 0 Å². The van der Waals surface area contributed by atoms with Gasteiger partial charge in [-0.3, -0.25) is 15.0 Å². The van der Waals surface area contributed by atoms with Gasteiger partial charge in [-0.15, -0.1) is 0 Å². The number of anilines is 1. The van der Waals surface area contributed by atoms with E-state index in [0.29, 0.717) is 0 Å². The second-order valence-electron chi connectivity index (χ2n) is 6.01. The molecule has 2 aromatic rings. The lowest BCUT2D eigenvalue weighted by atomic mass is 10.1. The lowest BCUT2D eigenvalue weighted by molar-refractivity contribution is -0.384. The van der Waals surface area contributed by atoms with Crippen LogP contribution in [0.25, 0.3) is 0 Å². The molecule has 1 aliphatic rings. The number of hydrogen-bond donors (Lipinski definition) is 1. The number of nitro groups is 1. The zero-order chi connectivity index (χ0) is 16.9. The average Bonchev–Trinajstić information content (AvgIpc) is 2.63. The zero-order valence-electron chi connectivity index (χ0n) is 13.5. The second kappa shape index (κ2) is 7.42. The third-order valence-corrected chi connectivity index (χ3v) is 4.41. The van der Waals surface area contributed by atoms with Crippen molar-refractivity contribution in [1.82, 2.24) is 4.90 Å². The van der Waals surface area contributed by atoms with Crippen LogP contribution in [0.3, 0.4) is 0 Å². The van der Waals surface area contributed by atoms with Crippen molar-refractivity contribution in [3.05, 3.63) is 69.8 Å². The smallest absolute Gasteiger partial charge is 0.269 e. The summed E-state index contributed by atoms with van der Waals surface area (Å²) in [4.78, 5) is 15.0. The highest BCUT2D eigenvalue weighted by Gasteiger charge is 2.18. The molecule has 0 aromatic heterocycles. The Morgan fingerprint density at radius 2 is 1.50 bits per heavy atom. The summed E-state index contributed by atoms with van der Waals surface area (Å²) in [6.07, 6.45) is 0. The van der Waals surface area contributed by atoms with Gasteiger partial charge in [-0.25, -0.2) is 0 Å². The Morgan fingerprint density at radius 3 is 2.04 bits per heavy atom. The third-order valence-electron chi connectivity index (χ3n) is 4.41. The minimum Gasteiger partial charge on any atom is -0.392 e. The molecule has 1 saturated heterocycles. The van der Waals surface area contributed by atoms with Crippen molar-refractivity contribution in [2.45, 2.75) is 13.2 Å². The van der Waals surface area contributed by atoms with E-state index >= 15 is 0 Å². The van der Waals surface area contributed by atoms with E-state index in [2.05, 4.69) is 21.9 Å². The number of non-ortho nitro benzene ring substituents is 1. The standard InChI is InChI=1S/C18H21N3O3/c22-14-16-3-1-15(2-4-16)13-19-9-11-20(12-10-19)17-5-7-18(8-6-17)21(23)24/h1-8,22H,9-14H2. The lowest BCUT2D eigenvalue weighted by Gasteiger charge is -2.36. The number of piperazine rings is 1. The highest BCUT2D eigenvalue weighted by atomic mass is 16.6. The molecule has 0 radical (unpaired) electrons. The topological polar surface area (TPSA) is 69.9 Å². The van der Waals surface area contributed by atoms with Gasteiger partial charge >= 0.3 is 0 Å². The highest BCUT2D eigenvalue weighted by molar-refractivity contribution is 5.51. The predicted molar refractivity (Wildman–Crippen MR) is 93.0 cm³/mol. The van der Waals surface area contributed by atoms with E-state index in [9.17, 15) is 10.1 Å². The zero-order valence-corrected chi connectivity index (χ0v) is 13.5. The first kappa shape index (κ1) is 16.4. The van der Waals surface area contributed by atoms with Crippen LogP contribution in [0, 0.1) is 10.1 Å². The maximum Gasteiger partial charge on any atom is 0.269 e. The molecule has 0 spiro atoms. The number of nitrogens with zero attached hydrogens (tertiary/aromatic N) is 3. The molecule has 1 heterocycles. The van der Waals surface area contributed by atoms with Crippen LogP contribution in [0.1, 0.15) is 11.1 Å². The van der Waals surface area contributed by atoms with Gasteiger partial charge in [0.2, 0.25) is 0 Å². The molecule has 6 nitrogen and oxygen atoms in total. The van der Waals surface area contributed by atoms with Crippen molar-refractivity contribution < 1.29 is 10.0 Å². The molecule has 3 rings (SSSR count). The van der Waals surface area contributed by atoms with Gasteiger partial charge in [0.1, 0.15) is 0 Å². The summed E-state index contributed by atoms with van der Waals surface area (Å²) in [5, 5.41) is 19.8. The molecule has 0 atom stereocenters. The summed E-state index contributed by atoms with van der Waals surface area (Å²) in [6, 6.07) is 14.8. The first-order chi connectivity index (χ1) is 11.7. The summed E-state index contributed by atoms with van der Waals surface area (Å²) < 4.78 is 0. The molecule has 0 amide bonds. The summed E-state index contributed by atoms with van der Waals surface area (Å²) in [5.41, 5.74) is 3.34. The van der Waals surface area contributed by atoms with Crippen LogP contribution < -0.4 is 4.90 Å². The van der Waals surface area contributed by atoms with E-state index in [1.165, 1.54) is 5.56 Å². The van der Waals surface area contributed by atoms with Crippen LogP contribution >= 0.6 is 0 Å². The molecule has 0 saturated carbocycles. The molecule has 2 aromatic carbocycles. The fourth-order valence-corrected chi connectivity index (χ4v) is 2.96. The third kappa shape index (κ3) is 3.90. The highest BCUT2D eigenvalue weighted by Crippen LogP contribution is 2.21. The SMILES string of the molecule is O=[N+]([O-])c1ccc(N2CCN(Cc3ccc(CO)cc3)CC2)cc1. The first-order valence-corrected chi connectivity index (χ1v) is 8.06. The van der Waals surface area contributed by atoms with Gasteiger partial charge in [0.25, 0.3) is 5.69 Å². The Kier molecular flexibility index (Phi) is 5.08. The minimum atomic E-state index is -0.371. The predicted octanol–water partition coefficient (Wildman–Crippen LogP) is 2.41. The fourth-order valence-electron chi connectivity index (χ4n) is 2.96. The number of aliphatic hydroxyl groups excluding tert-OH is 1. The molecule has 24 heavy (non-hydrogen) atoms. The lowest BCUT2D eigenvalue weighted by Crippen LogP contribution is -2.45. The van der Waals surface area contributed by atoms with Crippen LogP contribution in [0.2, 0.25) is 0 Å². The van der Waals surface area contributed by atoms with Crippen molar-refractivity contribution in [3.8, 4) is 0 Å². The monoisotopic (exact) mass is 327 g/mol. The van der Waals surface area contributed by atoms with Gasteiger partial charge < -0.3 is 10.0 Å². The Hall–Kier alpha value is -2.44. The number of rotatable bonds is 5. The molecule has 6 heteroatoms. The molecule has 0 unspecified atom stereocenters. The largest absolute Gasteiger partial charge is 0.392 e. The van der Waals surface area contributed by atoms with Crippen molar-refractivity contribution in [1.29, 1.82) is 0 Å². The Morgan fingerprint density at radius 1 is 0.917 bits per heavy atom. The number of benzene rings is 2. The molecule has 1 N–H and O–H groups in total. The normalized spacial score (nSPS) is 15.5. The van der Waals surface area contributed by atoms with Crippen molar-refractivity contribution in [2.24, 2.45) is 0 Å². The number of aliphatic hydroxyl groups is 1. The summed E-state index contributed by atoms with van der Waals surface area (Å²) in [5.74, 6) is 0. The van der Waals surface area contributed by atoms with E-state index in [1.54, 1.807) is 12.1 Å². The van der Waals surface area contributed by atoms with Gasteiger partial charge in [0.15, 0.2) is 0 Å². The van der Waals surface area contributed by atoms with E-state index < -0.39 is 0 Å². The van der Waals surface area contributed by atoms with Crippen LogP contribution in [-0.4, -0.2) is 41.1 Å². The number of nitro benzene ring substituents is 1. The van der Waals surface area contributed by atoms with Gasteiger partial charge in [-0.2, -0.15) is 0 Å². The molecule has 126 valence electrons. The fraction of sp³-hybridized carbons (Fsp3) is 0.333. The Labute approximate surface area is 141 Å². The molecule has 0 aliphatic carbocycles. The number of hydrogen-bond acceptors (Lipinski definition) is 5. The second-order valence-corrected chi connectivity index (χ2v) is 6.01. The average molecular weight is 327 g/mol. The first-order valence-electron chi connectivity index (χ1n) is 8.06. The minimum absolute atomic E-state index is 0.0776. The summed E-state index contributed by atoms with van der Waals surface area (Å²) in [7, 11) is 0. The Balaban J connectivity index is 1.54. The Bertz CT molecular complexity index is 678. The molecule has 1 aliphatic heterocycles. The molecular weight excluding hydrogens is 306 g/mol. The van der Waals surface area contributed by atoms with Crippen LogP contribution in [-0.2, 0) is 13.2 Å². The van der Waals surface area contributed by atoms with Gasteiger partial charge in [-0.05, 0) is 23.3 Å². The summed E-state index contributed by atoms with van der Waals surface area (Å²) >= 11 is 0.